The topological polar surface area (TPSA) is 108 Å². The first-order valence-electron chi connectivity index (χ1n) is 7.18. The molecule has 0 aromatic heterocycles. The zero-order valence-electron chi connectivity index (χ0n) is 12.6. The molecule has 2 rings (SSSR count). The summed E-state index contributed by atoms with van der Waals surface area (Å²) < 4.78 is 11.1. The summed E-state index contributed by atoms with van der Waals surface area (Å²) in [4.78, 5) is 11.3. The van der Waals surface area contributed by atoms with Gasteiger partial charge in [0.05, 0.1) is 13.2 Å². The van der Waals surface area contributed by atoms with Crippen molar-refractivity contribution in [1.82, 2.24) is 5.32 Å². The summed E-state index contributed by atoms with van der Waals surface area (Å²) in [5.41, 5.74) is 0.709. The van der Waals surface area contributed by atoms with Crippen LogP contribution in [0.4, 0.5) is 0 Å². The van der Waals surface area contributed by atoms with Crippen LogP contribution in [-0.4, -0.2) is 58.5 Å². The van der Waals surface area contributed by atoms with Crippen molar-refractivity contribution in [3.05, 3.63) is 34.9 Å². The maximum absolute atomic E-state index is 11.3. The van der Waals surface area contributed by atoms with Gasteiger partial charge in [0.1, 0.15) is 24.4 Å². The number of amides is 1. The number of hydrogen-bond acceptors (Lipinski definition) is 6. The zero-order valence-corrected chi connectivity index (χ0v) is 13.3. The van der Waals surface area contributed by atoms with Gasteiger partial charge >= 0.3 is 0 Å². The number of carbonyl (C=O) groups excluding carboxylic acids is 1. The van der Waals surface area contributed by atoms with E-state index in [0.717, 1.165) is 0 Å². The van der Waals surface area contributed by atoms with E-state index < -0.39 is 43.2 Å². The van der Waals surface area contributed by atoms with Crippen molar-refractivity contribution in [3.63, 3.8) is 0 Å². The number of rotatable bonds is 5. The molecule has 1 saturated heterocycles. The van der Waals surface area contributed by atoms with Crippen LogP contribution in [0.2, 0.25) is 5.02 Å². The molecule has 23 heavy (non-hydrogen) atoms. The van der Waals surface area contributed by atoms with Gasteiger partial charge in [0.25, 0.3) is 0 Å². The third kappa shape index (κ3) is 4.41. The van der Waals surface area contributed by atoms with Gasteiger partial charge in [0, 0.05) is 11.9 Å². The molecule has 1 heterocycles. The molecule has 7 nitrogen and oxygen atoms in total. The molecule has 0 radical (unpaired) electrons. The first-order chi connectivity index (χ1) is 10.9. The van der Waals surface area contributed by atoms with E-state index in [1.54, 1.807) is 24.3 Å². The van der Waals surface area contributed by atoms with Crippen molar-refractivity contribution in [1.29, 1.82) is 0 Å². The Morgan fingerprint density at radius 2 is 2.04 bits per heavy atom. The third-order valence-corrected chi connectivity index (χ3v) is 3.98. The number of hydrogen-bond donors (Lipinski definition) is 4. The molecule has 1 aromatic rings. The molecule has 1 aromatic carbocycles. The van der Waals surface area contributed by atoms with Crippen molar-refractivity contribution >= 4 is 17.5 Å². The van der Waals surface area contributed by atoms with Crippen molar-refractivity contribution in [2.45, 2.75) is 44.2 Å². The maximum atomic E-state index is 11.3. The molecule has 1 fully saturated rings. The van der Waals surface area contributed by atoms with E-state index >= 15 is 0 Å². The van der Waals surface area contributed by atoms with E-state index in [4.69, 9.17) is 21.1 Å². The van der Waals surface area contributed by atoms with E-state index in [-0.39, 0.29) is 6.61 Å². The highest BCUT2D eigenvalue weighted by atomic mass is 35.5. The largest absolute Gasteiger partial charge is 0.394 e. The molecule has 0 saturated carbocycles. The highest BCUT2D eigenvalue weighted by Crippen LogP contribution is 2.24. The Labute approximate surface area is 138 Å². The summed E-state index contributed by atoms with van der Waals surface area (Å²) in [5.74, 6) is -0.404. The summed E-state index contributed by atoms with van der Waals surface area (Å²) in [6.45, 7) is 0.876. The lowest BCUT2D eigenvalue weighted by Crippen LogP contribution is -2.64. The fourth-order valence-electron chi connectivity index (χ4n) is 2.40. The van der Waals surface area contributed by atoms with Crippen LogP contribution in [0.3, 0.4) is 0 Å². The molecular weight excluding hydrogens is 326 g/mol. The Balaban J connectivity index is 2.11. The minimum atomic E-state index is -1.34. The van der Waals surface area contributed by atoms with Crippen LogP contribution in [0.25, 0.3) is 0 Å². The second-order valence-corrected chi connectivity index (χ2v) is 5.74. The van der Waals surface area contributed by atoms with E-state index in [9.17, 15) is 20.1 Å². The Bertz CT molecular complexity index is 542. The number of carbonyl (C=O) groups is 1. The molecular formula is C15H20ClNO6. The lowest BCUT2D eigenvalue weighted by Gasteiger charge is -2.42. The van der Waals surface area contributed by atoms with Crippen LogP contribution in [-0.2, 0) is 20.9 Å². The molecule has 0 unspecified atom stereocenters. The Kier molecular flexibility index (Phi) is 6.34. The van der Waals surface area contributed by atoms with Gasteiger partial charge in [0.2, 0.25) is 5.91 Å². The molecule has 0 bridgehead atoms. The summed E-state index contributed by atoms with van der Waals surface area (Å²) in [7, 11) is 0. The highest BCUT2D eigenvalue weighted by Gasteiger charge is 2.45. The van der Waals surface area contributed by atoms with Gasteiger partial charge in [-0.3, -0.25) is 4.79 Å². The fourth-order valence-corrected chi connectivity index (χ4v) is 2.59. The Hall–Kier alpha value is -1.22. The summed E-state index contributed by atoms with van der Waals surface area (Å²) in [5, 5.41) is 32.3. The molecule has 128 valence electrons. The van der Waals surface area contributed by atoms with Gasteiger partial charge in [0.15, 0.2) is 6.29 Å². The second kappa shape index (κ2) is 8.05. The lowest BCUT2D eigenvalue weighted by atomic mass is 9.97. The number of nitrogens with one attached hydrogen (secondary N) is 1. The normalized spacial score (nSPS) is 30.9. The van der Waals surface area contributed by atoms with Gasteiger partial charge in [-0.15, -0.1) is 0 Å². The van der Waals surface area contributed by atoms with Gasteiger partial charge in [-0.25, -0.2) is 0 Å². The Morgan fingerprint density at radius 1 is 1.35 bits per heavy atom. The molecule has 0 spiro atoms. The number of ether oxygens (including phenoxy) is 2. The average molecular weight is 346 g/mol. The first-order valence-corrected chi connectivity index (χ1v) is 7.56. The number of halogens is 1. The van der Waals surface area contributed by atoms with Gasteiger partial charge in [-0.1, -0.05) is 29.8 Å². The van der Waals surface area contributed by atoms with Crippen molar-refractivity contribution in [3.8, 4) is 0 Å². The molecule has 1 aliphatic heterocycles. The number of aliphatic hydroxyl groups excluding tert-OH is 3. The second-order valence-electron chi connectivity index (χ2n) is 5.34. The molecule has 1 amide bonds. The predicted molar refractivity (Wildman–Crippen MR) is 81.6 cm³/mol. The van der Waals surface area contributed by atoms with Crippen LogP contribution >= 0.6 is 11.6 Å². The van der Waals surface area contributed by atoms with Crippen LogP contribution in [0.5, 0.6) is 0 Å². The molecule has 4 N–H and O–H groups in total. The molecule has 8 heteroatoms. The lowest BCUT2D eigenvalue weighted by molar-refractivity contribution is -0.273. The Morgan fingerprint density at radius 3 is 2.65 bits per heavy atom. The van der Waals surface area contributed by atoms with E-state index in [2.05, 4.69) is 5.32 Å². The smallest absolute Gasteiger partial charge is 0.217 e. The van der Waals surface area contributed by atoms with Gasteiger partial charge in [-0.2, -0.15) is 0 Å². The van der Waals surface area contributed by atoms with Crippen LogP contribution in [0, 0.1) is 0 Å². The molecule has 5 atom stereocenters. The standard InChI is InChI=1S/C15H20ClNO6/c1-8(19)17-12-14(21)13(20)11(6-18)23-15(12)22-7-9-4-2-3-5-10(9)16/h2-5,11-15,18,20-21H,6-7H2,1H3,(H,17,19)/t11-,12+,13+,14-,15-/m0/s1. The predicted octanol–water partition coefficient (Wildman–Crippen LogP) is -0.200. The van der Waals surface area contributed by atoms with E-state index in [1.165, 1.54) is 6.92 Å². The fraction of sp³-hybridized carbons (Fsp3) is 0.533. The van der Waals surface area contributed by atoms with Gasteiger partial charge < -0.3 is 30.1 Å². The van der Waals surface area contributed by atoms with Crippen LogP contribution in [0.1, 0.15) is 12.5 Å². The summed E-state index contributed by atoms with van der Waals surface area (Å²) in [6.07, 6.45) is -4.71. The maximum Gasteiger partial charge on any atom is 0.217 e. The zero-order chi connectivity index (χ0) is 17.0. The van der Waals surface area contributed by atoms with Crippen molar-refractivity contribution in [2.24, 2.45) is 0 Å². The first kappa shape index (κ1) is 18.1. The van der Waals surface area contributed by atoms with E-state index in [1.807, 2.05) is 0 Å². The van der Waals surface area contributed by atoms with Crippen molar-refractivity contribution < 1.29 is 29.6 Å². The average Bonchev–Trinajstić information content (AvgIpc) is 2.52. The monoisotopic (exact) mass is 345 g/mol. The molecule has 0 aliphatic carbocycles. The SMILES string of the molecule is CC(=O)N[C@H]1[C@@H](OCc2ccccc2Cl)O[C@@H](CO)[C@@H](O)[C@H]1O. The third-order valence-electron chi connectivity index (χ3n) is 3.61. The number of aliphatic hydroxyl groups is 3. The van der Waals surface area contributed by atoms with E-state index in [0.29, 0.717) is 10.6 Å². The minimum Gasteiger partial charge on any atom is -0.394 e. The van der Waals surface area contributed by atoms with Gasteiger partial charge in [-0.05, 0) is 11.6 Å². The summed E-state index contributed by atoms with van der Waals surface area (Å²) >= 11 is 6.05. The molecule has 1 aliphatic rings. The number of benzene rings is 1. The highest BCUT2D eigenvalue weighted by molar-refractivity contribution is 6.31. The van der Waals surface area contributed by atoms with Crippen molar-refractivity contribution in [2.75, 3.05) is 6.61 Å². The van der Waals surface area contributed by atoms with Crippen LogP contribution in [0.15, 0.2) is 24.3 Å². The quantitative estimate of drug-likeness (QED) is 0.588. The minimum absolute atomic E-state index is 0.0847. The van der Waals surface area contributed by atoms with Crippen LogP contribution < -0.4 is 5.32 Å². The summed E-state index contributed by atoms with van der Waals surface area (Å²) in [6, 6.07) is 6.10.